The molecular weight excluding hydrogens is 256 g/mol. The molecule has 0 amide bonds. The molecule has 0 N–H and O–H groups in total. The van der Waals surface area contributed by atoms with E-state index >= 15 is 0 Å². The molecule has 0 aliphatic carbocycles. The fraction of sp³-hybridized carbons (Fsp3) is 0.600. The van der Waals surface area contributed by atoms with E-state index in [0.717, 1.165) is 6.07 Å². The third-order valence-corrected chi connectivity index (χ3v) is 3.05. The van der Waals surface area contributed by atoms with Crippen LogP contribution in [-0.2, 0) is 17.0 Å². The van der Waals surface area contributed by atoms with Crippen molar-refractivity contribution in [3.05, 3.63) is 34.6 Å². The normalized spacial score (nSPS) is 13.8. The van der Waals surface area contributed by atoms with Gasteiger partial charge in [-0.3, -0.25) is 0 Å². The molecule has 0 spiro atoms. The lowest BCUT2D eigenvalue weighted by Crippen LogP contribution is -2.22. The molecule has 108 valence electrons. The third-order valence-electron chi connectivity index (χ3n) is 3.05. The van der Waals surface area contributed by atoms with Gasteiger partial charge >= 0.3 is 6.18 Å². The largest absolute Gasteiger partial charge is 0.419 e. The Morgan fingerprint density at radius 2 is 1.16 bits per heavy atom. The molecule has 0 aliphatic rings. The predicted octanol–water partition coefficient (Wildman–Crippen LogP) is 5.44. The van der Waals surface area contributed by atoms with E-state index in [1.165, 1.54) is 0 Å². The maximum absolute atomic E-state index is 14.1. The topological polar surface area (TPSA) is 0 Å². The van der Waals surface area contributed by atoms with Gasteiger partial charge in [-0.25, -0.2) is 4.39 Å². The summed E-state index contributed by atoms with van der Waals surface area (Å²) < 4.78 is 52.9. The summed E-state index contributed by atoms with van der Waals surface area (Å²) in [5.41, 5.74) is -1.72. The van der Waals surface area contributed by atoms with Crippen LogP contribution in [0.5, 0.6) is 0 Å². The Kier molecular flexibility index (Phi) is 3.79. The van der Waals surface area contributed by atoms with Crippen LogP contribution in [0, 0.1) is 5.82 Å². The van der Waals surface area contributed by atoms with Crippen molar-refractivity contribution in [3.63, 3.8) is 0 Å². The fourth-order valence-electron chi connectivity index (χ4n) is 1.81. The van der Waals surface area contributed by atoms with E-state index in [0.29, 0.717) is 5.56 Å². The van der Waals surface area contributed by atoms with Crippen molar-refractivity contribution in [1.82, 2.24) is 0 Å². The maximum Gasteiger partial charge on any atom is 0.419 e. The molecule has 0 aromatic heterocycles. The van der Waals surface area contributed by atoms with Crippen molar-refractivity contribution in [2.45, 2.75) is 58.5 Å². The van der Waals surface area contributed by atoms with Crippen LogP contribution < -0.4 is 0 Å². The summed E-state index contributed by atoms with van der Waals surface area (Å²) in [5, 5.41) is 0. The molecule has 19 heavy (non-hydrogen) atoms. The maximum atomic E-state index is 14.1. The van der Waals surface area contributed by atoms with E-state index < -0.39 is 28.4 Å². The summed E-state index contributed by atoms with van der Waals surface area (Å²) >= 11 is 0. The van der Waals surface area contributed by atoms with E-state index in [1.54, 1.807) is 26.8 Å². The van der Waals surface area contributed by atoms with Gasteiger partial charge < -0.3 is 0 Å². The highest BCUT2D eigenvalue weighted by molar-refractivity contribution is 5.40. The van der Waals surface area contributed by atoms with Gasteiger partial charge in [0.05, 0.1) is 5.56 Å². The first-order valence-electron chi connectivity index (χ1n) is 6.16. The molecule has 0 saturated heterocycles. The first-order chi connectivity index (χ1) is 8.24. The molecule has 0 bridgehead atoms. The van der Waals surface area contributed by atoms with E-state index in [9.17, 15) is 17.6 Å². The highest BCUT2D eigenvalue weighted by Gasteiger charge is 2.38. The Balaban J connectivity index is 3.68. The number of alkyl halides is 3. The lowest BCUT2D eigenvalue weighted by Gasteiger charge is -2.27. The molecule has 0 fully saturated rings. The van der Waals surface area contributed by atoms with E-state index in [2.05, 4.69) is 0 Å². The lowest BCUT2D eigenvalue weighted by molar-refractivity contribution is -0.140. The average molecular weight is 276 g/mol. The van der Waals surface area contributed by atoms with Crippen LogP contribution in [0.15, 0.2) is 12.1 Å². The standard InChI is InChI=1S/C15H20F4/c1-13(2,3)9-7-10(14(4,5)6)12(16)11(8-9)15(17,18)19/h7-8H,1-6H3. The summed E-state index contributed by atoms with van der Waals surface area (Å²) in [6, 6.07) is 2.47. The Bertz CT molecular complexity index is 435. The van der Waals surface area contributed by atoms with Gasteiger partial charge in [0.2, 0.25) is 0 Å². The van der Waals surface area contributed by atoms with E-state index in [1.807, 2.05) is 20.8 Å². The summed E-state index contributed by atoms with van der Waals surface area (Å²) in [7, 11) is 0. The van der Waals surface area contributed by atoms with Crippen molar-refractivity contribution in [2.24, 2.45) is 0 Å². The van der Waals surface area contributed by atoms with Crippen molar-refractivity contribution in [3.8, 4) is 0 Å². The summed E-state index contributed by atoms with van der Waals surface area (Å²) in [4.78, 5) is 0. The quantitative estimate of drug-likeness (QED) is 0.553. The monoisotopic (exact) mass is 276 g/mol. The molecular formula is C15H20F4. The van der Waals surface area contributed by atoms with Crippen LogP contribution in [0.25, 0.3) is 0 Å². The molecule has 1 aromatic rings. The van der Waals surface area contributed by atoms with Crippen molar-refractivity contribution in [1.29, 1.82) is 0 Å². The number of hydrogen-bond acceptors (Lipinski definition) is 0. The number of benzene rings is 1. The Morgan fingerprint density at radius 3 is 1.47 bits per heavy atom. The van der Waals surface area contributed by atoms with Gasteiger partial charge in [0.15, 0.2) is 0 Å². The minimum Gasteiger partial charge on any atom is -0.206 e. The minimum absolute atomic E-state index is 0.104. The van der Waals surface area contributed by atoms with E-state index in [4.69, 9.17) is 0 Å². The zero-order chi connectivity index (χ0) is 15.2. The van der Waals surface area contributed by atoms with Gasteiger partial charge in [-0.2, -0.15) is 13.2 Å². The first kappa shape index (κ1) is 16.0. The van der Waals surface area contributed by atoms with Gasteiger partial charge in [0.1, 0.15) is 5.82 Å². The van der Waals surface area contributed by atoms with E-state index in [-0.39, 0.29) is 5.56 Å². The zero-order valence-corrected chi connectivity index (χ0v) is 12.2. The third kappa shape index (κ3) is 3.48. The molecule has 0 atom stereocenters. The van der Waals surface area contributed by atoms with Crippen LogP contribution in [0.1, 0.15) is 58.2 Å². The highest BCUT2D eigenvalue weighted by atomic mass is 19.4. The SMILES string of the molecule is CC(C)(C)c1cc(C(C)(C)C)c(F)c(C(F)(F)F)c1. The fourth-order valence-corrected chi connectivity index (χ4v) is 1.81. The van der Waals surface area contributed by atoms with Gasteiger partial charge in [-0.05, 0) is 28.0 Å². The highest BCUT2D eigenvalue weighted by Crippen LogP contribution is 2.39. The molecule has 0 heterocycles. The average Bonchev–Trinajstić information content (AvgIpc) is 2.11. The summed E-state index contributed by atoms with van der Waals surface area (Å²) in [6.45, 7) is 10.6. The van der Waals surface area contributed by atoms with Crippen LogP contribution in [0.4, 0.5) is 17.6 Å². The van der Waals surface area contributed by atoms with Crippen molar-refractivity contribution >= 4 is 0 Å². The molecule has 0 unspecified atom stereocenters. The van der Waals surface area contributed by atoms with Gasteiger partial charge in [0.25, 0.3) is 0 Å². The van der Waals surface area contributed by atoms with Gasteiger partial charge in [0, 0.05) is 0 Å². The first-order valence-corrected chi connectivity index (χ1v) is 6.16. The summed E-state index contributed by atoms with van der Waals surface area (Å²) in [5.74, 6) is -1.16. The van der Waals surface area contributed by atoms with Crippen LogP contribution in [0.3, 0.4) is 0 Å². The van der Waals surface area contributed by atoms with Crippen LogP contribution in [-0.4, -0.2) is 0 Å². The van der Waals surface area contributed by atoms with Crippen LogP contribution in [0.2, 0.25) is 0 Å². The summed E-state index contributed by atoms with van der Waals surface area (Å²) in [6.07, 6.45) is -4.68. The van der Waals surface area contributed by atoms with Crippen LogP contribution >= 0.6 is 0 Å². The van der Waals surface area contributed by atoms with Crippen molar-refractivity contribution < 1.29 is 17.6 Å². The minimum atomic E-state index is -4.68. The molecule has 1 rings (SSSR count). The molecule has 4 heteroatoms. The number of halogens is 4. The Morgan fingerprint density at radius 1 is 0.737 bits per heavy atom. The molecule has 0 saturated carbocycles. The zero-order valence-electron chi connectivity index (χ0n) is 12.2. The van der Waals surface area contributed by atoms with Gasteiger partial charge in [-0.1, -0.05) is 47.6 Å². The predicted molar refractivity (Wildman–Crippen MR) is 68.8 cm³/mol. The number of rotatable bonds is 0. The number of hydrogen-bond donors (Lipinski definition) is 0. The second-order valence-corrected chi connectivity index (χ2v) is 6.88. The lowest BCUT2D eigenvalue weighted by atomic mass is 9.79. The van der Waals surface area contributed by atoms with Gasteiger partial charge in [-0.15, -0.1) is 0 Å². The molecule has 0 radical (unpaired) electrons. The molecule has 0 aliphatic heterocycles. The molecule has 0 nitrogen and oxygen atoms in total. The molecule has 1 aromatic carbocycles. The van der Waals surface area contributed by atoms with Crippen molar-refractivity contribution in [2.75, 3.05) is 0 Å². The second kappa shape index (κ2) is 4.50. The second-order valence-electron chi connectivity index (χ2n) is 6.88. The Labute approximate surface area is 111 Å². The Hall–Kier alpha value is -1.06. The smallest absolute Gasteiger partial charge is 0.206 e.